The maximum Gasteiger partial charge on any atom is 0.252 e. The second kappa shape index (κ2) is 17.6. The number of hydrogen-bond donors (Lipinski definition) is 0. The standard InChI is InChI=1S/C75H84BN3/c1-47-29-31-50(70(5,6)7)39-63(47)79-64-42-54(77(52-25-21-19-22-26-52)53-27-23-20-24-28-53)33-35-60(64)76-61-43-58-59(75(17,18)46-74(58,15)16)44-65(61)78(66-40-51(71(8,9)10)41-67(79)68(66)76)62-36-32-49(69(2,3)4)38-55(62)48-30-34-56-57(37-48)73(13,14)45-72(56,11)12/h19-44H,45-46H2,1-18H3. The summed E-state index contributed by atoms with van der Waals surface area (Å²) < 4.78 is 0. The van der Waals surface area contributed by atoms with Crippen molar-refractivity contribution in [3.63, 3.8) is 0 Å². The van der Waals surface area contributed by atoms with Gasteiger partial charge in [0.25, 0.3) is 6.71 Å². The first-order chi connectivity index (χ1) is 36.9. The van der Waals surface area contributed by atoms with Crippen molar-refractivity contribution in [3.05, 3.63) is 202 Å². The van der Waals surface area contributed by atoms with Crippen LogP contribution in [0.2, 0.25) is 0 Å². The van der Waals surface area contributed by atoms with Crippen LogP contribution < -0.4 is 31.1 Å². The first-order valence-corrected chi connectivity index (χ1v) is 29.4. The Bertz CT molecular complexity index is 3720. The zero-order valence-corrected chi connectivity index (χ0v) is 50.8. The van der Waals surface area contributed by atoms with Gasteiger partial charge in [-0.05, 0) is 197 Å². The van der Waals surface area contributed by atoms with E-state index in [0.717, 1.165) is 29.9 Å². The van der Waals surface area contributed by atoms with Crippen LogP contribution in [-0.2, 0) is 37.9 Å². The average Bonchev–Trinajstić information content (AvgIpc) is 3.58. The number of aryl methyl sites for hydroxylation is 1. The van der Waals surface area contributed by atoms with Gasteiger partial charge in [-0.15, -0.1) is 0 Å². The van der Waals surface area contributed by atoms with Gasteiger partial charge in [0.2, 0.25) is 0 Å². The molecule has 0 radical (unpaired) electrons. The van der Waals surface area contributed by atoms with Crippen molar-refractivity contribution in [2.24, 2.45) is 0 Å². The van der Waals surface area contributed by atoms with Crippen LogP contribution in [0.25, 0.3) is 11.1 Å². The molecule has 0 N–H and O–H groups in total. The van der Waals surface area contributed by atoms with E-state index in [1.54, 1.807) is 0 Å². The Morgan fingerprint density at radius 1 is 0.380 bits per heavy atom. The van der Waals surface area contributed by atoms with Gasteiger partial charge >= 0.3 is 0 Å². The molecule has 2 aliphatic carbocycles. The molecule has 0 fully saturated rings. The SMILES string of the molecule is Cc1ccc(C(C)(C)C)cc1N1c2cc(N(c3ccccc3)c3ccccc3)ccc2B2c3cc4c(cc3N(c3ccc(C(C)(C)C)cc3-c3ccc5c(c3)C(C)(C)CC5(C)C)c3cc(C(C)(C)C)cc1c32)C(C)(C)CC4(C)C. The van der Waals surface area contributed by atoms with Crippen LogP contribution in [-0.4, -0.2) is 6.71 Å². The van der Waals surface area contributed by atoms with Crippen molar-refractivity contribution in [2.75, 3.05) is 14.7 Å². The fourth-order valence-corrected chi connectivity index (χ4v) is 15.0. The van der Waals surface area contributed by atoms with Crippen LogP contribution in [0.15, 0.2) is 158 Å². The average molecular weight is 1040 g/mol. The summed E-state index contributed by atoms with van der Waals surface area (Å²) in [7, 11) is 0. The van der Waals surface area contributed by atoms with Crippen molar-refractivity contribution >= 4 is 74.3 Å². The van der Waals surface area contributed by atoms with Crippen LogP contribution in [0.3, 0.4) is 0 Å². The fourth-order valence-electron chi connectivity index (χ4n) is 15.0. The molecule has 8 aromatic carbocycles. The lowest BCUT2D eigenvalue weighted by Gasteiger charge is -2.46. The molecule has 12 rings (SSSR count). The summed E-state index contributed by atoms with van der Waals surface area (Å²) in [6, 6.07) is 61.9. The van der Waals surface area contributed by atoms with E-state index in [-0.39, 0.29) is 44.6 Å². The predicted molar refractivity (Wildman–Crippen MR) is 343 cm³/mol. The van der Waals surface area contributed by atoms with Gasteiger partial charge in [-0.3, -0.25) is 0 Å². The molecular weight excluding hydrogens is 954 g/mol. The molecule has 79 heavy (non-hydrogen) atoms. The molecule has 0 atom stereocenters. The van der Waals surface area contributed by atoms with Gasteiger partial charge in [0.15, 0.2) is 0 Å². The number of rotatable bonds is 6. The van der Waals surface area contributed by atoms with Crippen molar-refractivity contribution in [1.29, 1.82) is 0 Å². The monoisotopic (exact) mass is 1040 g/mol. The Kier molecular flexibility index (Phi) is 11.8. The summed E-state index contributed by atoms with van der Waals surface area (Å²) in [4.78, 5) is 7.86. The van der Waals surface area contributed by atoms with E-state index in [1.807, 2.05) is 0 Å². The molecule has 4 aliphatic rings. The molecule has 2 aliphatic heterocycles. The quantitative estimate of drug-likeness (QED) is 0.154. The molecule has 8 aromatic rings. The van der Waals surface area contributed by atoms with Crippen LogP contribution in [0.4, 0.5) is 51.2 Å². The maximum atomic E-state index is 2.74. The van der Waals surface area contributed by atoms with Crippen molar-refractivity contribution < 1.29 is 0 Å². The van der Waals surface area contributed by atoms with E-state index in [1.165, 1.54) is 106 Å². The number of para-hydroxylation sites is 2. The topological polar surface area (TPSA) is 9.72 Å². The van der Waals surface area contributed by atoms with Gasteiger partial charge in [0.05, 0.1) is 5.69 Å². The van der Waals surface area contributed by atoms with E-state index < -0.39 is 0 Å². The summed E-state index contributed by atoms with van der Waals surface area (Å²) in [5.74, 6) is 0. The molecule has 2 heterocycles. The molecule has 0 aromatic heterocycles. The predicted octanol–water partition coefficient (Wildman–Crippen LogP) is 19.0. The second-order valence-electron chi connectivity index (χ2n) is 29.9. The van der Waals surface area contributed by atoms with Gasteiger partial charge in [-0.1, -0.05) is 203 Å². The Morgan fingerprint density at radius 2 is 0.861 bits per heavy atom. The number of hydrogen-bond acceptors (Lipinski definition) is 3. The molecule has 0 saturated heterocycles. The molecule has 0 amide bonds. The van der Waals surface area contributed by atoms with Crippen LogP contribution in [0, 0.1) is 6.92 Å². The molecule has 3 nitrogen and oxygen atoms in total. The van der Waals surface area contributed by atoms with Crippen molar-refractivity contribution in [2.45, 2.75) is 175 Å². The van der Waals surface area contributed by atoms with E-state index in [0.29, 0.717) is 0 Å². The summed E-state index contributed by atoms with van der Waals surface area (Å²) in [5, 5.41) is 0. The van der Waals surface area contributed by atoms with Crippen molar-refractivity contribution in [3.8, 4) is 11.1 Å². The molecule has 0 spiro atoms. The largest absolute Gasteiger partial charge is 0.311 e. The lowest BCUT2D eigenvalue weighted by molar-refractivity contribution is 0.403. The number of benzene rings is 8. The highest BCUT2D eigenvalue weighted by molar-refractivity contribution is 7.00. The highest BCUT2D eigenvalue weighted by Gasteiger charge is 2.49. The summed E-state index contributed by atoms with van der Waals surface area (Å²) in [6.07, 6.45) is 2.22. The van der Waals surface area contributed by atoms with Gasteiger partial charge in [0, 0.05) is 51.1 Å². The number of anilines is 9. The fraction of sp³-hybridized carbons (Fsp3) is 0.360. The maximum absolute atomic E-state index is 2.74. The normalized spacial score (nSPS) is 17.2. The molecule has 402 valence electrons. The summed E-state index contributed by atoms with van der Waals surface area (Å²) >= 11 is 0. The van der Waals surface area contributed by atoms with Crippen LogP contribution in [0.5, 0.6) is 0 Å². The zero-order chi connectivity index (χ0) is 56.3. The second-order valence-corrected chi connectivity index (χ2v) is 29.9. The van der Waals surface area contributed by atoms with Gasteiger partial charge < -0.3 is 14.7 Å². The molecule has 0 saturated carbocycles. The highest BCUT2D eigenvalue weighted by atomic mass is 15.2. The number of fused-ring (bicyclic) bond motifs is 6. The van der Waals surface area contributed by atoms with Crippen LogP contribution >= 0.6 is 0 Å². The molecule has 4 heteroatoms. The minimum atomic E-state index is -0.179. The Morgan fingerprint density at radius 3 is 1.43 bits per heavy atom. The smallest absolute Gasteiger partial charge is 0.252 e. The van der Waals surface area contributed by atoms with Gasteiger partial charge in [-0.2, -0.15) is 0 Å². The van der Waals surface area contributed by atoms with E-state index in [2.05, 4.69) is 297 Å². The molecule has 0 unspecified atom stereocenters. The lowest BCUT2D eigenvalue weighted by Crippen LogP contribution is -2.61. The third-order valence-corrected chi connectivity index (χ3v) is 18.8. The third kappa shape index (κ3) is 8.60. The Labute approximate surface area is 475 Å². The Balaban J connectivity index is 1.22. The lowest BCUT2D eigenvalue weighted by atomic mass is 9.33. The first kappa shape index (κ1) is 52.9. The summed E-state index contributed by atoms with van der Waals surface area (Å²) in [6.45, 7) is 43.3. The van der Waals surface area contributed by atoms with Gasteiger partial charge in [0.1, 0.15) is 0 Å². The summed E-state index contributed by atoms with van der Waals surface area (Å²) in [5.41, 5.74) is 28.5. The highest BCUT2D eigenvalue weighted by Crippen LogP contribution is 2.56. The van der Waals surface area contributed by atoms with Crippen LogP contribution in [0.1, 0.15) is 175 Å². The van der Waals surface area contributed by atoms with Gasteiger partial charge in [-0.25, -0.2) is 0 Å². The number of nitrogens with zero attached hydrogens (tertiary/aromatic N) is 3. The minimum Gasteiger partial charge on any atom is -0.311 e. The first-order valence-electron chi connectivity index (χ1n) is 29.4. The third-order valence-electron chi connectivity index (χ3n) is 18.8. The Hall–Kier alpha value is -6.78. The van der Waals surface area contributed by atoms with E-state index >= 15 is 0 Å². The molecule has 0 bridgehead atoms. The van der Waals surface area contributed by atoms with E-state index in [4.69, 9.17) is 0 Å². The van der Waals surface area contributed by atoms with Crippen molar-refractivity contribution in [1.82, 2.24) is 0 Å². The minimum absolute atomic E-state index is 0.00777. The zero-order valence-electron chi connectivity index (χ0n) is 50.8. The molecular formula is C75H84BN3. The van der Waals surface area contributed by atoms with E-state index in [9.17, 15) is 0 Å².